The largest absolute Gasteiger partial charge is 0.356 e. The summed E-state index contributed by atoms with van der Waals surface area (Å²) in [5.74, 6) is 0.139. The van der Waals surface area contributed by atoms with Crippen molar-refractivity contribution in [2.24, 2.45) is 5.92 Å². The Balaban J connectivity index is 2.21. The lowest BCUT2D eigenvalue weighted by atomic mass is 9.99. The molecular weight excluding hydrogens is 266 g/mol. The highest BCUT2D eigenvalue weighted by atomic mass is 32.2. The molecule has 0 saturated carbocycles. The highest BCUT2D eigenvalue weighted by molar-refractivity contribution is 7.88. The Morgan fingerprint density at radius 1 is 1.47 bits per heavy atom. The number of nitrogens with zero attached hydrogens (tertiary/aromatic N) is 1. The van der Waals surface area contributed by atoms with Crippen LogP contribution in [0.25, 0.3) is 0 Å². The predicted octanol–water partition coefficient (Wildman–Crippen LogP) is -0.226. The van der Waals surface area contributed by atoms with Gasteiger partial charge in [0.1, 0.15) is 0 Å². The SMILES string of the molecule is CCN(CCCNC(=O)[C@H]1CCCNC1)S(C)(=O)=O. The molecule has 6 nitrogen and oxygen atoms in total. The van der Waals surface area contributed by atoms with E-state index in [-0.39, 0.29) is 11.8 Å². The van der Waals surface area contributed by atoms with E-state index in [1.54, 1.807) is 0 Å². The second-order valence-corrected chi connectivity index (χ2v) is 6.92. The van der Waals surface area contributed by atoms with Gasteiger partial charge >= 0.3 is 0 Å². The number of nitrogens with one attached hydrogen (secondary N) is 2. The summed E-state index contributed by atoms with van der Waals surface area (Å²) in [6.45, 7) is 5.01. The summed E-state index contributed by atoms with van der Waals surface area (Å²) in [5, 5.41) is 6.09. The molecule has 1 aliphatic heterocycles. The standard InChI is InChI=1S/C12H25N3O3S/c1-3-15(19(2,17)18)9-5-8-14-12(16)11-6-4-7-13-10-11/h11,13H,3-10H2,1-2H3,(H,14,16)/t11-/m0/s1. The van der Waals surface area contributed by atoms with Crippen LogP contribution in [0, 0.1) is 5.92 Å². The first-order chi connectivity index (χ1) is 8.95. The average Bonchev–Trinajstić information content (AvgIpc) is 2.38. The fourth-order valence-electron chi connectivity index (χ4n) is 2.25. The summed E-state index contributed by atoms with van der Waals surface area (Å²) < 4.78 is 24.2. The van der Waals surface area contributed by atoms with Crippen molar-refractivity contribution in [1.82, 2.24) is 14.9 Å². The highest BCUT2D eigenvalue weighted by Gasteiger charge is 2.20. The van der Waals surface area contributed by atoms with Crippen molar-refractivity contribution in [2.75, 3.05) is 39.0 Å². The van der Waals surface area contributed by atoms with E-state index >= 15 is 0 Å². The number of sulfonamides is 1. The number of rotatable bonds is 7. The van der Waals surface area contributed by atoms with Crippen LogP contribution >= 0.6 is 0 Å². The molecule has 0 aromatic rings. The first-order valence-electron chi connectivity index (χ1n) is 6.88. The van der Waals surface area contributed by atoms with Crippen molar-refractivity contribution in [3.8, 4) is 0 Å². The third kappa shape index (κ3) is 5.88. The van der Waals surface area contributed by atoms with E-state index in [9.17, 15) is 13.2 Å². The molecule has 1 aliphatic rings. The van der Waals surface area contributed by atoms with E-state index in [0.717, 1.165) is 25.9 Å². The van der Waals surface area contributed by atoms with Gasteiger partial charge in [0.05, 0.1) is 12.2 Å². The quantitative estimate of drug-likeness (QED) is 0.635. The first-order valence-corrected chi connectivity index (χ1v) is 8.73. The molecule has 0 aromatic carbocycles. The molecule has 0 bridgehead atoms. The molecule has 0 unspecified atom stereocenters. The van der Waals surface area contributed by atoms with Crippen molar-refractivity contribution < 1.29 is 13.2 Å². The molecule has 1 rings (SSSR count). The summed E-state index contributed by atoms with van der Waals surface area (Å²) in [7, 11) is -3.13. The van der Waals surface area contributed by atoms with Crippen LogP contribution in [-0.4, -0.2) is 57.6 Å². The molecular formula is C12H25N3O3S. The van der Waals surface area contributed by atoms with Gasteiger partial charge in [-0.05, 0) is 25.8 Å². The van der Waals surface area contributed by atoms with Crippen molar-refractivity contribution in [3.63, 3.8) is 0 Å². The number of carbonyl (C=O) groups excluding carboxylic acids is 1. The second-order valence-electron chi connectivity index (χ2n) is 4.94. The van der Waals surface area contributed by atoms with Gasteiger partial charge in [-0.2, -0.15) is 0 Å². The van der Waals surface area contributed by atoms with Gasteiger partial charge in [-0.3, -0.25) is 4.79 Å². The van der Waals surface area contributed by atoms with Gasteiger partial charge in [0.15, 0.2) is 0 Å². The minimum Gasteiger partial charge on any atom is -0.356 e. The van der Waals surface area contributed by atoms with E-state index in [1.165, 1.54) is 10.6 Å². The van der Waals surface area contributed by atoms with E-state index in [1.807, 2.05) is 6.92 Å². The minimum absolute atomic E-state index is 0.0611. The van der Waals surface area contributed by atoms with E-state index in [4.69, 9.17) is 0 Å². The Labute approximate surface area is 116 Å². The minimum atomic E-state index is -3.13. The summed E-state index contributed by atoms with van der Waals surface area (Å²) in [6, 6.07) is 0. The van der Waals surface area contributed by atoms with Crippen LogP contribution in [0.5, 0.6) is 0 Å². The molecule has 0 aromatic heterocycles. The van der Waals surface area contributed by atoms with Crippen LogP contribution in [-0.2, 0) is 14.8 Å². The summed E-state index contributed by atoms with van der Waals surface area (Å²) in [4.78, 5) is 11.8. The second kappa shape index (κ2) is 7.81. The zero-order valence-electron chi connectivity index (χ0n) is 11.8. The zero-order valence-corrected chi connectivity index (χ0v) is 12.6. The van der Waals surface area contributed by atoms with E-state index < -0.39 is 10.0 Å². The normalized spacial score (nSPS) is 20.5. The summed E-state index contributed by atoms with van der Waals surface area (Å²) in [5.41, 5.74) is 0. The maximum atomic E-state index is 11.8. The van der Waals surface area contributed by atoms with Gasteiger partial charge in [-0.1, -0.05) is 6.92 Å². The number of hydrogen-bond acceptors (Lipinski definition) is 4. The van der Waals surface area contributed by atoms with Gasteiger partial charge in [-0.25, -0.2) is 12.7 Å². The van der Waals surface area contributed by atoms with Gasteiger partial charge in [-0.15, -0.1) is 0 Å². The van der Waals surface area contributed by atoms with E-state index in [2.05, 4.69) is 10.6 Å². The lowest BCUT2D eigenvalue weighted by Crippen LogP contribution is -2.41. The maximum Gasteiger partial charge on any atom is 0.224 e. The van der Waals surface area contributed by atoms with E-state index in [0.29, 0.717) is 26.1 Å². The molecule has 1 heterocycles. The molecule has 0 spiro atoms. The van der Waals surface area contributed by atoms with Crippen molar-refractivity contribution in [2.45, 2.75) is 26.2 Å². The van der Waals surface area contributed by atoms with Crippen molar-refractivity contribution >= 4 is 15.9 Å². The molecule has 112 valence electrons. The first kappa shape index (κ1) is 16.4. The van der Waals surface area contributed by atoms with Crippen LogP contribution in [0.2, 0.25) is 0 Å². The smallest absolute Gasteiger partial charge is 0.224 e. The van der Waals surface area contributed by atoms with Crippen LogP contribution < -0.4 is 10.6 Å². The number of carbonyl (C=O) groups is 1. The molecule has 1 fully saturated rings. The van der Waals surface area contributed by atoms with Gasteiger partial charge in [0, 0.05) is 26.2 Å². The van der Waals surface area contributed by atoms with Crippen LogP contribution in [0.3, 0.4) is 0 Å². The molecule has 2 N–H and O–H groups in total. The summed E-state index contributed by atoms with van der Waals surface area (Å²) >= 11 is 0. The third-order valence-corrected chi connectivity index (χ3v) is 4.75. The molecule has 0 aliphatic carbocycles. The number of hydrogen-bond donors (Lipinski definition) is 2. The Morgan fingerprint density at radius 3 is 2.74 bits per heavy atom. The topological polar surface area (TPSA) is 78.5 Å². The maximum absolute atomic E-state index is 11.8. The highest BCUT2D eigenvalue weighted by Crippen LogP contribution is 2.09. The van der Waals surface area contributed by atoms with Gasteiger partial charge in [0.25, 0.3) is 0 Å². The molecule has 1 atom stereocenters. The molecule has 0 radical (unpaired) electrons. The molecule has 1 amide bonds. The zero-order chi connectivity index (χ0) is 14.3. The number of amides is 1. The average molecular weight is 291 g/mol. The van der Waals surface area contributed by atoms with Crippen LogP contribution in [0.15, 0.2) is 0 Å². The molecule has 7 heteroatoms. The fraction of sp³-hybridized carbons (Fsp3) is 0.917. The van der Waals surface area contributed by atoms with Crippen LogP contribution in [0.1, 0.15) is 26.2 Å². The lowest BCUT2D eigenvalue weighted by molar-refractivity contribution is -0.125. The third-order valence-electron chi connectivity index (χ3n) is 3.37. The molecule has 19 heavy (non-hydrogen) atoms. The fourth-order valence-corrected chi connectivity index (χ4v) is 3.18. The van der Waals surface area contributed by atoms with Gasteiger partial charge < -0.3 is 10.6 Å². The monoisotopic (exact) mass is 291 g/mol. The van der Waals surface area contributed by atoms with Crippen LogP contribution in [0.4, 0.5) is 0 Å². The Morgan fingerprint density at radius 2 is 2.21 bits per heavy atom. The number of piperidine rings is 1. The van der Waals surface area contributed by atoms with Gasteiger partial charge in [0.2, 0.25) is 15.9 Å². The van der Waals surface area contributed by atoms with Crippen molar-refractivity contribution in [1.29, 1.82) is 0 Å². The Bertz CT molecular complexity index is 378. The Kier molecular flexibility index (Phi) is 6.74. The predicted molar refractivity (Wildman–Crippen MR) is 75.3 cm³/mol. The Hall–Kier alpha value is -0.660. The van der Waals surface area contributed by atoms with Crippen molar-refractivity contribution in [3.05, 3.63) is 0 Å². The lowest BCUT2D eigenvalue weighted by Gasteiger charge is -2.22. The molecule has 1 saturated heterocycles. The summed E-state index contributed by atoms with van der Waals surface area (Å²) in [6.07, 6.45) is 3.83.